The summed E-state index contributed by atoms with van der Waals surface area (Å²) in [7, 11) is 3.14. The number of nitrogens with one attached hydrogen (secondary N) is 1. The van der Waals surface area contributed by atoms with Gasteiger partial charge in [-0.25, -0.2) is 0 Å². The molecule has 0 unspecified atom stereocenters. The van der Waals surface area contributed by atoms with Crippen LogP contribution in [0.1, 0.15) is 27.0 Å². The van der Waals surface area contributed by atoms with Crippen molar-refractivity contribution in [1.82, 2.24) is 15.3 Å². The third-order valence-electron chi connectivity index (χ3n) is 5.38. The first kappa shape index (κ1) is 24.3. The number of thioether (sulfide) groups is 1. The van der Waals surface area contributed by atoms with E-state index in [1.807, 2.05) is 72.8 Å². The zero-order valence-electron chi connectivity index (χ0n) is 19.7. The Morgan fingerprint density at radius 3 is 2.00 bits per heavy atom. The van der Waals surface area contributed by atoms with E-state index in [-0.39, 0.29) is 11.2 Å². The van der Waals surface area contributed by atoms with Gasteiger partial charge in [0.25, 0.3) is 5.91 Å². The quantitative estimate of drug-likeness (QED) is 0.303. The van der Waals surface area contributed by atoms with Gasteiger partial charge < -0.3 is 14.8 Å². The van der Waals surface area contributed by atoms with Crippen LogP contribution in [-0.4, -0.2) is 42.4 Å². The molecule has 3 aromatic carbocycles. The highest BCUT2D eigenvalue weighted by atomic mass is 32.2. The minimum atomic E-state index is -0.137. The maximum absolute atomic E-state index is 12.7. The lowest BCUT2D eigenvalue weighted by Gasteiger charge is -2.17. The van der Waals surface area contributed by atoms with Crippen LogP contribution < -0.4 is 14.8 Å². The molecule has 0 bridgehead atoms. The molecule has 178 valence electrons. The molecule has 0 radical (unpaired) electrons. The Bertz CT molecular complexity index is 1210. The molecule has 0 saturated carbocycles. The number of hydrogen-bond donors (Lipinski definition) is 1. The number of carbonyl (C=O) groups excluding carboxylic acids is 1. The maximum atomic E-state index is 12.7. The fraction of sp³-hybridized carbons (Fsp3) is 0.179. The summed E-state index contributed by atoms with van der Waals surface area (Å²) in [6, 6.07) is 29.4. The number of hydrogen-bond acceptors (Lipinski definition) is 6. The van der Waals surface area contributed by atoms with E-state index in [0.717, 1.165) is 16.7 Å². The summed E-state index contributed by atoms with van der Waals surface area (Å²) in [5.74, 6) is 2.07. The van der Waals surface area contributed by atoms with E-state index < -0.39 is 0 Å². The molecule has 4 aromatic rings. The predicted octanol–water partition coefficient (Wildman–Crippen LogP) is 5.41. The van der Waals surface area contributed by atoms with Gasteiger partial charge in [0.05, 0.1) is 25.5 Å². The number of ether oxygens (including phenoxy) is 2. The molecule has 4 rings (SSSR count). The van der Waals surface area contributed by atoms with Gasteiger partial charge in [0.2, 0.25) is 11.8 Å². The molecule has 1 aromatic heterocycles. The van der Waals surface area contributed by atoms with Crippen LogP contribution in [-0.2, 0) is 0 Å². The van der Waals surface area contributed by atoms with E-state index in [2.05, 4.69) is 27.4 Å². The van der Waals surface area contributed by atoms with Gasteiger partial charge in [0.1, 0.15) is 0 Å². The number of aromatic nitrogens is 2. The van der Waals surface area contributed by atoms with Crippen molar-refractivity contribution in [3.63, 3.8) is 0 Å². The summed E-state index contributed by atoms with van der Waals surface area (Å²) in [6.07, 6.45) is 0. The molecule has 6 nitrogen and oxygen atoms in total. The molecule has 0 aliphatic carbocycles. The monoisotopic (exact) mass is 485 g/mol. The van der Waals surface area contributed by atoms with Gasteiger partial charge in [0.15, 0.2) is 5.82 Å². The van der Waals surface area contributed by atoms with Crippen molar-refractivity contribution in [2.45, 2.75) is 5.25 Å². The predicted molar refractivity (Wildman–Crippen MR) is 140 cm³/mol. The average molecular weight is 486 g/mol. The van der Waals surface area contributed by atoms with Gasteiger partial charge in [-0.3, -0.25) is 4.79 Å². The second-order valence-corrected chi connectivity index (χ2v) is 8.88. The molecule has 0 fully saturated rings. The fourth-order valence-electron chi connectivity index (χ4n) is 3.58. The second-order valence-electron chi connectivity index (χ2n) is 7.67. The first-order valence-electron chi connectivity index (χ1n) is 11.2. The SMILES string of the molecule is COc1cc(OC)nc([C@H](SCCNC(=O)c2ccc(-c3ccccc3)cc2)c2ccccc2)n1. The average Bonchev–Trinajstić information content (AvgIpc) is 2.93. The van der Waals surface area contributed by atoms with Crippen molar-refractivity contribution in [3.8, 4) is 22.9 Å². The van der Waals surface area contributed by atoms with Crippen LogP contribution in [0, 0.1) is 0 Å². The Kier molecular flexibility index (Phi) is 8.35. The Balaban J connectivity index is 1.40. The van der Waals surface area contributed by atoms with Crippen molar-refractivity contribution in [1.29, 1.82) is 0 Å². The number of nitrogens with zero attached hydrogens (tertiary/aromatic N) is 2. The largest absolute Gasteiger partial charge is 0.481 e. The van der Waals surface area contributed by atoms with Crippen LogP contribution in [0.5, 0.6) is 11.8 Å². The zero-order chi connectivity index (χ0) is 24.5. The van der Waals surface area contributed by atoms with Crippen LogP contribution in [0.3, 0.4) is 0 Å². The highest BCUT2D eigenvalue weighted by molar-refractivity contribution is 7.99. The second kappa shape index (κ2) is 12.0. The van der Waals surface area contributed by atoms with E-state index in [1.165, 1.54) is 0 Å². The molecule has 0 aliphatic rings. The van der Waals surface area contributed by atoms with Crippen molar-refractivity contribution in [2.24, 2.45) is 0 Å². The lowest BCUT2D eigenvalue weighted by Crippen LogP contribution is -2.26. The first-order chi connectivity index (χ1) is 17.2. The van der Waals surface area contributed by atoms with Crippen molar-refractivity contribution >= 4 is 17.7 Å². The smallest absolute Gasteiger partial charge is 0.251 e. The Morgan fingerprint density at radius 2 is 1.40 bits per heavy atom. The Hall–Kier alpha value is -3.84. The number of benzene rings is 3. The number of amides is 1. The van der Waals surface area contributed by atoms with E-state index in [9.17, 15) is 4.79 Å². The van der Waals surface area contributed by atoms with Gasteiger partial charge >= 0.3 is 0 Å². The van der Waals surface area contributed by atoms with Crippen LogP contribution in [0.25, 0.3) is 11.1 Å². The van der Waals surface area contributed by atoms with Gasteiger partial charge in [-0.05, 0) is 28.8 Å². The van der Waals surface area contributed by atoms with Gasteiger partial charge in [-0.1, -0.05) is 72.8 Å². The van der Waals surface area contributed by atoms with Crippen molar-refractivity contribution < 1.29 is 14.3 Å². The molecule has 0 aliphatic heterocycles. The van der Waals surface area contributed by atoms with Crippen LogP contribution in [0.2, 0.25) is 0 Å². The number of methoxy groups -OCH3 is 2. The third kappa shape index (κ3) is 6.39. The third-order valence-corrected chi connectivity index (χ3v) is 6.63. The van der Waals surface area contributed by atoms with Crippen LogP contribution in [0.4, 0.5) is 0 Å². The molecular formula is C28H27N3O3S. The molecule has 1 heterocycles. The van der Waals surface area contributed by atoms with E-state index in [0.29, 0.717) is 35.4 Å². The van der Waals surface area contributed by atoms with E-state index in [1.54, 1.807) is 32.0 Å². The lowest BCUT2D eigenvalue weighted by molar-refractivity contribution is 0.0956. The standard InChI is InChI=1S/C28H27N3O3S/c1-33-24-19-25(34-2)31-27(30-24)26(22-11-7-4-8-12-22)35-18-17-29-28(32)23-15-13-21(14-16-23)20-9-5-3-6-10-20/h3-16,19,26H,17-18H2,1-2H3,(H,29,32)/t26-/m1/s1. The van der Waals surface area contributed by atoms with Crippen molar-refractivity contribution in [2.75, 3.05) is 26.5 Å². The maximum Gasteiger partial charge on any atom is 0.251 e. The Morgan fingerprint density at radius 1 is 0.829 bits per heavy atom. The lowest BCUT2D eigenvalue weighted by atomic mass is 10.0. The minimum Gasteiger partial charge on any atom is -0.481 e. The summed E-state index contributed by atoms with van der Waals surface area (Å²) in [6.45, 7) is 0.508. The van der Waals surface area contributed by atoms with Crippen molar-refractivity contribution in [3.05, 3.63) is 108 Å². The number of carbonyl (C=O) groups is 1. The molecule has 0 spiro atoms. The highest BCUT2D eigenvalue weighted by Gasteiger charge is 2.20. The van der Waals surface area contributed by atoms with Gasteiger partial charge in [-0.2, -0.15) is 9.97 Å². The zero-order valence-corrected chi connectivity index (χ0v) is 20.5. The Labute approximate surface area is 209 Å². The topological polar surface area (TPSA) is 73.3 Å². The fourth-order valence-corrected chi connectivity index (χ4v) is 4.64. The van der Waals surface area contributed by atoms with Crippen LogP contribution >= 0.6 is 11.8 Å². The molecular weight excluding hydrogens is 458 g/mol. The molecule has 7 heteroatoms. The summed E-state index contributed by atoms with van der Waals surface area (Å²) >= 11 is 1.65. The minimum absolute atomic E-state index is 0.0965. The number of rotatable bonds is 10. The highest BCUT2D eigenvalue weighted by Crippen LogP contribution is 2.35. The molecule has 1 atom stereocenters. The summed E-state index contributed by atoms with van der Waals surface area (Å²) in [4.78, 5) is 21.8. The molecule has 0 saturated heterocycles. The van der Waals surface area contributed by atoms with E-state index in [4.69, 9.17) is 9.47 Å². The summed E-state index contributed by atoms with van der Waals surface area (Å²) < 4.78 is 10.7. The van der Waals surface area contributed by atoms with E-state index >= 15 is 0 Å². The molecule has 1 N–H and O–H groups in total. The molecule has 1 amide bonds. The van der Waals surface area contributed by atoms with Gasteiger partial charge in [0, 0.05) is 17.9 Å². The van der Waals surface area contributed by atoms with Crippen LogP contribution in [0.15, 0.2) is 91.0 Å². The first-order valence-corrected chi connectivity index (χ1v) is 12.3. The summed E-state index contributed by atoms with van der Waals surface area (Å²) in [5, 5.41) is 2.87. The molecule has 35 heavy (non-hydrogen) atoms. The normalized spacial score (nSPS) is 11.5. The summed E-state index contributed by atoms with van der Waals surface area (Å²) in [5.41, 5.74) is 3.90. The van der Waals surface area contributed by atoms with Gasteiger partial charge in [-0.15, -0.1) is 11.8 Å².